The summed E-state index contributed by atoms with van der Waals surface area (Å²) in [6.45, 7) is 10.5. The number of β-amino-alcohol motifs (C(OH)–C–C–N with tert-alkyl or cyclic N) is 1. The second-order valence-corrected chi connectivity index (χ2v) is 9.04. The molecule has 2 N–H and O–H groups in total. The van der Waals surface area contributed by atoms with Crippen LogP contribution in [0.1, 0.15) is 39.8 Å². The Morgan fingerprint density at radius 3 is 2.58 bits per heavy atom. The first kappa shape index (κ1) is 23.5. The summed E-state index contributed by atoms with van der Waals surface area (Å²) in [4.78, 5) is 19.1. The van der Waals surface area contributed by atoms with Crippen LogP contribution in [0.5, 0.6) is 0 Å². The topological polar surface area (TPSA) is 74.8 Å². The van der Waals surface area contributed by atoms with E-state index in [4.69, 9.17) is 6.57 Å². The Balaban J connectivity index is 1.44. The SMILES string of the molecule is [C-]#[N+]c1cccc(-n2nc(C)cc2C(=O)Nc2cccc(C(c3ccccc3)N3CCC(O)C3)c2)c1. The summed E-state index contributed by atoms with van der Waals surface area (Å²) >= 11 is 0. The molecule has 180 valence electrons. The van der Waals surface area contributed by atoms with Gasteiger partial charge in [0.2, 0.25) is 0 Å². The normalized spacial score (nSPS) is 16.4. The average Bonchev–Trinajstić information content (AvgIpc) is 3.50. The first-order chi connectivity index (χ1) is 17.5. The van der Waals surface area contributed by atoms with Gasteiger partial charge in [-0.25, -0.2) is 9.53 Å². The van der Waals surface area contributed by atoms with Crippen LogP contribution in [0.2, 0.25) is 0 Å². The summed E-state index contributed by atoms with van der Waals surface area (Å²) in [5, 5.41) is 17.7. The molecule has 1 fully saturated rings. The molecule has 2 heterocycles. The van der Waals surface area contributed by atoms with Crippen LogP contribution in [0, 0.1) is 13.5 Å². The van der Waals surface area contributed by atoms with Crippen molar-refractivity contribution in [1.82, 2.24) is 14.7 Å². The molecule has 2 unspecified atom stereocenters. The highest BCUT2D eigenvalue weighted by atomic mass is 16.3. The van der Waals surface area contributed by atoms with E-state index in [9.17, 15) is 9.90 Å². The van der Waals surface area contributed by atoms with E-state index in [1.165, 1.54) is 0 Å². The van der Waals surface area contributed by atoms with Crippen molar-refractivity contribution in [2.75, 3.05) is 18.4 Å². The van der Waals surface area contributed by atoms with Gasteiger partial charge < -0.3 is 10.4 Å². The molecule has 2 atom stereocenters. The van der Waals surface area contributed by atoms with Gasteiger partial charge in [-0.1, -0.05) is 54.6 Å². The molecule has 0 aliphatic carbocycles. The molecule has 0 bridgehead atoms. The van der Waals surface area contributed by atoms with Gasteiger partial charge in [-0.05, 0) is 54.8 Å². The third kappa shape index (κ3) is 4.91. The van der Waals surface area contributed by atoms with Crippen LogP contribution in [0.25, 0.3) is 10.5 Å². The number of rotatable bonds is 6. The highest BCUT2D eigenvalue weighted by Gasteiger charge is 2.29. The van der Waals surface area contributed by atoms with E-state index < -0.39 is 0 Å². The molecule has 7 heteroatoms. The molecule has 7 nitrogen and oxygen atoms in total. The van der Waals surface area contributed by atoms with Crippen molar-refractivity contribution < 1.29 is 9.90 Å². The number of aliphatic hydroxyl groups excluding tert-OH is 1. The molecular formula is C29H27N5O2. The first-order valence-corrected chi connectivity index (χ1v) is 11.9. The molecule has 3 aromatic carbocycles. The Morgan fingerprint density at radius 2 is 1.83 bits per heavy atom. The van der Waals surface area contributed by atoms with E-state index in [1.54, 1.807) is 28.9 Å². The molecule has 0 saturated carbocycles. The van der Waals surface area contributed by atoms with Gasteiger partial charge in [-0.15, -0.1) is 0 Å². The predicted molar refractivity (Wildman–Crippen MR) is 139 cm³/mol. The minimum Gasteiger partial charge on any atom is -0.392 e. The van der Waals surface area contributed by atoms with Crippen LogP contribution in [-0.4, -0.2) is 44.9 Å². The molecule has 4 aromatic rings. The molecule has 0 spiro atoms. The Kier molecular flexibility index (Phi) is 6.63. The molecule has 1 amide bonds. The van der Waals surface area contributed by atoms with Gasteiger partial charge in [-0.2, -0.15) is 5.10 Å². The zero-order valence-electron chi connectivity index (χ0n) is 20.0. The van der Waals surface area contributed by atoms with Crippen molar-refractivity contribution in [3.05, 3.63) is 119 Å². The van der Waals surface area contributed by atoms with E-state index >= 15 is 0 Å². The molecular weight excluding hydrogens is 450 g/mol. The van der Waals surface area contributed by atoms with Crippen molar-refractivity contribution in [2.24, 2.45) is 0 Å². The van der Waals surface area contributed by atoms with Crippen molar-refractivity contribution in [3.8, 4) is 5.69 Å². The fraction of sp³-hybridized carbons (Fsp3) is 0.207. The lowest BCUT2D eigenvalue weighted by Crippen LogP contribution is -2.28. The standard InChI is InChI=1S/C29H27N5O2/c1-20-16-27(34(32-20)25-13-7-11-23(18-25)30-2)29(36)31-24-12-6-10-22(17-24)28(21-8-4-3-5-9-21)33-15-14-26(35)19-33/h3-13,16-18,26,28,35H,14-15,19H2,1H3,(H,31,36). The minimum atomic E-state index is -0.330. The van der Waals surface area contributed by atoms with Crippen LogP contribution >= 0.6 is 0 Å². The zero-order chi connectivity index (χ0) is 25.1. The van der Waals surface area contributed by atoms with Crippen molar-refractivity contribution >= 4 is 17.3 Å². The number of nitrogens with zero attached hydrogens (tertiary/aromatic N) is 4. The fourth-order valence-electron chi connectivity index (χ4n) is 4.79. The number of carbonyl (C=O) groups is 1. The number of aryl methyl sites for hydroxylation is 1. The molecule has 5 rings (SSSR count). The lowest BCUT2D eigenvalue weighted by molar-refractivity contribution is 0.101. The summed E-state index contributed by atoms with van der Waals surface area (Å²) in [6, 6.07) is 26.9. The molecule has 0 radical (unpaired) electrons. The van der Waals surface area contributed by atoms with Crippen molar-refractivity contribution in [1.29, 1.82) is 0 Å². The molecule has 1 saturated heterocycles. The number of benzene rings is 3. The summed E-state index contributed by atoms with van der Waals surface area (Å²) in [7, 11) is 0. The summed E-state index contributed by atoms with van der Waals surface area (Å²) in [5.74, 6) is -0.283. The molecule has 1 aliphatic rings. The van der Waals surface area contributed by atoms with Crippen LogP contribution in [0.15, 0.2) is 84.9 Å². The number of aromatic nitrogens is 2. The van der Waals surface area contributed by atoms with Gasteiger partial charge in [0.05, 0.1) is 30.1 Å². The number of carbonyl (C=O) groups excluding carboxylic acids is 1. The summed E-state index contributed by atoms with van der Waals surface area (Å²) < 4.78 is 1.57. The van der Waals surface area contributed by atoms with E-state index in [1.807, 2.05) is 49.4 Å². The molecule has 1 aromatic heterocycles. The summed E-state index contributed by atoms with van der Waals surface area (Å²) in [6.07, 6.45) is 0.418. The smallest absolute Gasteiger partial charge is 0.274 e. The van der Waals surface area contributed by atoms with Gasteiger partial charge in [0.15, 0.2) is 5.69 Å². The predicted octanol–water partition coefficient (Wildman–Crippen LogP) is 5.14. The third-order valence-corrected chi connectivity index (χ3v) is 6.40. The van der Waals surface area contributed by atoms with Crippen molar-refractivity contribution in [3.63, 3.8) is 0 Å². The zero-order valence-corrected chi connectivity index (χ0v) is 20.0. The number of hydrogen-bond donors (Lipinski definition) is 2. The second kappa shape index (κ2) is 10.2. The maximum Gasteiger partial charge on any atom is 0.274 e. The average molecular weight is 478 g/mol. The van der Waals surface area contributed by atoms with E-state index in [0.717, 1.165) is 24.1 Å². The lowest BCUT2D eigenvalue weighted by atomic mass is 9.97. The third-order valence-electron chi connectivity index (χ3n) is 6.40. The number of aliphatic hydroxyl groups is 1. The number of anilines is 1. The number of likely N-dealkylation sites (tertiary alicyclic amines) is 1. The number of hydrogen-bond acceptors (Lipinski definition) is 4. The Bertz CT molecular complexity index is 1420. The van der Waals surface area contributed by atoms with Gasteiger partial charge in [0, 0.05) is 18.8 Å². The van der Waals surface area contributed by atoms with Gasteiger partial charge >= 0.3 is 0 Å². The Morgan fingerprint density at radius 1 is 1.06 bits per heavy atom. The first-order valence-electron chi connectivity index (χ1n) is 11.9. The minimum absolute atomic E-state index is 0.0238. The van der Waals surface area contributed by atoms with E-state index in [0.29, 0.717) is 35.0 Å². The van der Waals surface area contributed by atoms with Crippen LogP contribution in [-0.2, 0) is 0 Å². The van der Waals surface area contributed by atoms with Crippen LogP contribution in [0.3, 0.4) is 0 Å². The maximum atomic E-state index is 13.4. The quantitative estimate of drug-likeness (QED) is 0.377. The van der Waals surface area contributed by atoms with Crippen LogP contribution in [0.4, 0.5) is 11.4 Å². The maximum absolute atomic E-state index is 13.4. The fourth-order valence-corrected chi connectivity index (χ4v) is 4.79. The van der Waals surface area contributed by atoms with Gasteiger partial charge in [0.1, 0.15) is 5.69 Å². The Hall–Kier alpha value is -4.25. The molecule has 36 heavy (non-hydrogen) atoms. The molecule has 1 aliphatic heterocycles. The Labute approximate surface area is 210 Å². The van der Waals surface area contributed by atoms with Crippen LogP contribution < -0.4 is 5.32 Å². The van der Waals surface area contributed by atoms with Gasteiger partial charge in [0.25, 0.3) is 5.91 Å². The monoisotopic (exact) mass is 477 g/mol. The van der Waals surface area contributed by atoms with Crippen molar-refractivity contribution in [2.45, 2.75) is 25.5 Å². The number of amides is 1. The number of nitrogens with one attached hydrogen (secondary N) is 1. The van der Waals surface area contributed by atoms with E-state index in [-0.39, 0.29) is 18.1 Å². The lowest BCUT2D eigenvalue weighted by Gasteiger charge is -2.29. The second-order valence-electron chi connectivity index (χ2n) is 9.04. The van der Waals surface area contributed by atoms with Gasteiger partial charge in [-0.3, -0.25) is 9.69 Å². The highest BCUT2D eigenvalue weighted by molar-refractivity contribution is 6.03. The largest absolute Gasteiger partial charge is 0.392 e. The highest BCUT2D eigenvalue weighted by Crippen LogP contribution is 2.33. The van der Waals surface area contributed by atoms with E-state index in [2.05, 4.69) is 38.4 Å². The summed E-state index contributed by atoms with van der Waals surface area (Å²) in [5.41, 5.74) is 5.11.